The Hall–Kier alpha value is -13.0. The van der Waals surface area contributed by atoms with Crippen LogP contribution in [0.3, 0.4) is 0 Å². The van der Waals surface area contributed by atoms with Gasteiger partial charge in [0.05, 0.1) is 6.04 Å². The van der Waals surface area contributed by atoms with Gasteiger partial charge in [-0.1, -0.05) is 0 Å². The van der Waals surface area contributed by atoms with E-state index >= 15 is 0 Å². The van der Waals surface area contributed by atoms with Crippen LogP contribution >= 0.6 is 0 Å². The SMILES string of the molecule is C[C@H](N)C(=O)N[C@@H](CCCNC(=N)N)C(=O)N[C@@H](CCCNC(=N)N)C(=O)N[C@@H](CCCNC(=N)N)C(=O)N[C@@H](CCCNC(=N)N)C(=O)N[C@@H](CCCNC(=N)N)C(=O)N[C@@H](CCC(N)=O)C(=O)N[C@@H](CCCNC(=N)N)C(=O)N[C@@H](CCCNC(=N)N)C(=O)N[C@@H](CCCNC(=N)N)C(=O)N[C@@H](CCCNC(=N)N)C(N)=O. The van der Waals surface area contributed by atoms with E-state index in [2.05, 4.69) is 101 Å². The maximum Gasteiger partial charge on any atom is 0.243 e. The van der Waals surface area contributed by atoms with Crippen molar-refractivity contribution in [1.82, 2.24) is 101 Å². The van der Waals surface area contributed by atoms with E-state index in [4.69, 9.17) is 117 Å². The molecule has 0 spiro atoms. The second-order valence-corrected chi connectivity index (χ2v) is 26.2. The zero-order valence-electron chi connectivity index (χ0n) is 64.2. The molecule has 0 aliphatic carbocycles. The van der Waals surface area contributed by atoms with Gasteiger partial charge in [-0.05, 0) is 129 Å². The van der Waals surface area contributed by atoms with E-state index in [0.717, 1.165) is 0 Å². The molecule has 0 aromatic rings. The molecule has 11 atom stereocenters. The van der Waals surface area contributed by atoms with Crippen molar-refractivity contribution >= 4 is 125 Å². The molecule has 0 saturated heterocycles. The molecule has 644 valence electrons. The Balaban J connectivity index is 7.94. The predicted octanol–water partition coefficient (Wildman–Crippen LogP) is -13.7. The Morgan fingerprint density at radius 2 is 0.351 bits per heavy atom. The molecule has 0 heterocycles. The quantitative estimate of drug-likeness (QED) is 0.0153. The van der Waals surface area contributed by atoms with Gasteiger partial charge >= 0.3 is 0 Å². The maximum atomic E-state index is 14.9. The number of carbonyl (C=O) groups is 12. The van der Waals surface area contributed by atoms with Gasteiger partial charge in [-0.15, -0.1) is 0 Å². The van der Waals surface area contributed by atoms with Crippen LogP contribution in [0.15, 0.2) is 0 Å². The third kappa shape index (κ3) is 49.2. The number of hydrogen-bond donors (Lipinski definition) is 40. The first-order valence-corrected chi connectivity index (χ1v) is 36.7. The highest BCUT2D eigenvalue weighted by Crippen LogP contribution is 2.12. The zero-order chi connectivity index (χ0) is 86.4. The van der Waals surface area contributed by atoms with Gasteiger partial charge in [0.2, 0.25) is 70.9 Å². The highest BCUT2D eigenvalue weighted by atomic mass is 16.2. The number of guanidine groups is 9. The largest absolute Gasteiger partial charge is 0.370 e. The summed E-state index contributed by atoms with van der Waals surface area (Å²) >= 11 is 0. The van der Waals surface area contributed by atoms with Crippen LogP contribution in [0.25, 0.3) is 0 Å². The lowest BCUT2D eigenvalue weighted by atomic mass is 10.0. The van der Waals surface area contributed by atoms with Crippen molar-refractivity contribution in [2.24, 2.45) is 68.8 Å². The van der Waals surface area contributed by atoms with Crippen LogP contribution in [0.5, 0.6) is 0 Å². The molecular formula is C62H124N40O12. The van der Waals surface area contributed by atoms with Gasteiger partial charge < -0.3 is 170 Å². The lowest BCUT2D eigenvalue weighted by Crippen LogP contribution is -2.61. The standard InChI is InChI=1S/C62H124N40O12/c1-31(63)44(105)94-33(12-3-23-85-55(68)69)46(107)96-35(14-5-25-87-57(72)73)48(109)97-37(16-7-27-89-59(76)77)49(110)98-38(17-8-28-90-60(78)79)50(111)100-40(19-10-30-92-62(82)83)52(113)102-41(20-21-42(64)103)53(114)101-39(18-9-29-91-61(80)81)51(112)99-36(15-6-26-88-58(74)75)47(108)95-34(13-4-24-86-56(70)71)45(106)93-32(43(65)104)11-2-22-84-54(66)67/h31-41H,2-30,63H2,1H3,(H2,64,103)(H2,65,104)(H,93,106)(H,94,105)(H,95,108)(H,96,107)(H,97,109)(H,98,110)(H,99,112)(H,100,111)(H,101,114)(H,102,113)(H4,66,67,84)(H4,68,69,85)(H4,70,71,86)(H4,72,73,87)(H4,74,75,88)(H4,76,77,89)(H4,78,79,90)(H4,80,81,91)(H4,82,83,92)/t31-,32-,33-,34-,35-,36-,37-,38-,39-,40-,41-/m0/s1. The third-order valence-electron chi connectivity index (χ3n) is 16.3. The first kappa shape index (κ1) is 101. The molecule has 0 radical (unpaired) electrons. The Bertz CT molecular complexity index is 3250. The molecule has 52 N–H and O–H groups in total. The summed E-state index contributed by atoms with van der Waals surface area (Å²) in [6, 6.07) is -16.6. The van der Waals surface area contributed by atoms with Crippen molar-refractivity contribution in [2.75, 3.05) is 58.9 Å². The van der Waals surface area contributed by atoms with Crippen LogP contribution in [0.1, 0.15) is 135 Å². The van der Waals surface area contributed by atoms with Gasteiger partial charge in [-0.3, -0.25) is 106 Å². The van der Waals surface area contributed by atoms with Crippen molar-refractivity contribution in [3.05, 3.63) is 0 Å². The first-order valence-electron chi connectivity index (χ1n) is 36.7. The minimum atomic E-state index is -1.79. The van der Waals surface area contributed by atoms with Crippen molar-refractivity contribution < 1.29 is 57.5 Å². The summed E-state index contributed by atoms with van der Waals surface area (Å²) in [6.45, 7) is 1.37. The second kappa shape index (κ2) is 57.1. The third-order valence-corrected chi connectivity index (χ3v) is 16.3. The monoisotopic (exact) mass is 1620 g/mol. The van der Waals surface area contributed by atoms with Gasteiger partial charge in [-0.2, -0.15) is 0 Å². The van der Waals surface area contributed by atoms with E-state index < -0.39 is 192 Å². The smallest absolute Gasteiger partial charge is 0.243 e. The number of hydrogen-bond acceptors (Lipinski definition) is 22. The minimum Gasteiger partial charge on any atom is -0.370 e. The number of rotatable bonds is 60. The van der Waals surface area contributed by atoms with Gasteiger partial charge in [0.25, 0.3) is 0 Å². The predicted molar refractivity (Wildman–Crippen MR) is 423 cm³/mol. The number of amides is 12. The number of primary amides is 2. The molecule has 0 aliphatic rings. The molecule has 0 rings (SSSR count). The Morgan fingerprint density at radius 3 is 0.482 bits per heavy atom. The lowest BCUT2D eigenvalue weighted by molar-refractivity contribution is -0.136. The van der Waals surface area contributed by atoms with Crippen molar-refractivity contribution in [3.63, 3.8) is 0 Å². The Morgan fingerprint density at radius 1 is 0.219 bits per heavy atom. The van der Waals surface area contributed by atoms with Crippen molar-refractivity contribution in [1.29, 1.82) is 48.7 Å². The molecule has 52 heteroatoms. The summed E-state index contributed by atoms with van der Waals surface area (Å²) < 4.78 is 0. The second-order valence-electron chi connectivity index (χ2n) is 26.2. The fourth-order valence-electron chi connectivity index (χ4n) is 10.5. The van der Waals surface area contributed by atoms with Gasteiger partial charge in [-0.25, -0.2) is 0 Å². The molecule has 12 amide bonds. The number of carbonyl (C=O) groups excluding carboxylic acids is 12. The minimum absolute atomic E-state index is 0.0122. The summed E-state index contributed by atoms with van der Waals surface area (Å²) in [6.07, 6.45) is -2.52. The van der Waals surface area contributed by atoms with Gasteiger partial charge in [0, 0.05) is 65.3 Å². The van der Waals surface area contributed by atoms with Crippen LogP contribution in [0, 0.1) is 48.7 Å². The summed E-state index contributed by atoms with van der Waals surface area (Å²) in [5.41, 5.74) is 66.4. The molecular weight excluding hydrogens is 1500 g/mol. The number of nitrogens with two attached hydrogens (primary N) is 12. The van der Waals surface area contributed by atoms with E-state index in [1.54, 1.807) is 0 Å². The Labute approximate surface area is 659 Å². The molecule has 114 heavy (non-hydrogen) atoms. The van der Waals surface area contributed by atoms with Gasteiger partial charge in [0.1, 0.15) is 60.4 Å². The summed E-state index contributed by atoms with van der Waals surface area (Å²) in [4.78, 5) is 169. The average molecular weight is 1620 g/mol. The molecule has 0 bridgehead atoms. The molecule has 0 saturated carbocycles. The van der Waals surface area contributed by atoms with Crippen LogP contribution < -0.4 is 170 Å². The molecule has 0 aromatic heterocycles. The topological polar surface area (TPSA) is 960 Å². The summed E-state index contributed by atoms with van der Waals surface area (Å²) in [5, 5.41) is 117. The summed E-state index contributed by atoms with van der Waals surface area (Å²) in [7, 11) is 0. The van der Waals surface area contributed by atoms with Gasteiger partial charge in [0.15, 0.2) is 53.6 Å². The fraction of sp³-hybridized carbons (Fsp3) is 0.661. The molecule has 0 aliphatic heterocycles. The van der Waals surface area contributed by atoms with E-state index in [1.807, 2.05) is 0 Å². The zero-order valence-corrected chi connectivity index (χ0v) is 64.2. The fourth-order valence-corrected chi connectivity index (χ4v) is 10.5. The van der Waals surface area contributed by atoms with Crippen molar-refractivity contribution in [2.45, 2.75) is 202 Å². The molecule has 52 nitrogen and oxygen atoms in total. The first-order chi connectivity index (χ1) is 53.6. The van der Waals surface area contributed by atoms with E-state index in [9.17, 15) is 57.5 Å². The van der Waals surface area contributed by atoms with Crippen LogP contribution in [-0.4, -0.2) is 250 Å². The molecule has 0 unspecified atom stereocenters. The van der Waals surface area contributed by atoms with Crippen LogP contribution in [0.4, 0.5) is 0 Å². The highest BCUT2D eigenvalue weighted by Gasteiger charge is 2.37. The van der Waals surface area contributed by atoms with E-state index in [0.29, 0.717) is 0 Å². The van der Waals surface area contributed by atoms with Crippen molar-refractivity contribution in [3.8, 4) is 0 Å². The van der Waals surface area contributed by atoms with Crippen LogP contribution in [0.2, 0.25) is 0 Å². The lowest BCUT2D eigenvalue weighted by Gasteiger charge is -2.29. The highest BCUT2D eigenvalue weighted by molar-refractivity contribution is 5.99. The summed E-state index contributed by atoms with van der Waals surface area (Å²) in [5.74, 6) is -15.6. The number of nitrogens with one attached hydrogen (secondary N) is 28. The van der Waals surface area contributed by atoms with E-state index in [-0.39, 0.29) is 186 Å². The molecule has 0 fully saturated rings. The van der Waals surface area contributed by atoms with Crippen LogP contribution in [-0.2, 0) is 57.5 Å². The Kier molecular flexibility index (Phi) is 50.6. The average Bonchev–Trinajstić information content (AvgIpc) is 0.868. The maximum absolute atomic E-state index is 14.9. The molecule has 0 aromatic carbocycles. The van der Waals surface area contributed by atoms with E-state index in [1.165, 1.54) is 6.92 Å². The normalized spacial score (nSPS) is 13.5.